The van der Waals surface area contributed by atoms with Crippen molar-refractivity contribution >= 4 is 34.7 Å². The van der Waals surface area contributed by atoms with Crippen molar-refractivity contribution in [2.24, 2.45) is 0 Å². The molecule has 0 unspecified atom stereocenters. The summed E-state index contributed by atoms with van der Waals surface area (Å²) in [7, 11) is 1.29. The molecule has 0 bridgehead atoms. The van der Waals surface area contributed by atoms with E-state index in [0.29, 0.717) is 22.5 Å². The first-order valence-corrected chi connectivity index (χ1v) is 11.9. The van der Waals surface area contributed by atoms with E-state index in [2.05, 4.69) is 16.9 Å². The molecule has 1 saturated carbocycles. The van der Waals surface area contributed by atoms with Crippen molar-refractivity contribution in [1.29, 1.82) is 0 Å². The Labute approximate surface area is 185 Å². The molecule has 2 aliphatic rings. The predicted octanol–water partition coefficient (Wildman–Crippen LogP) is 3.10. The third kappa shape index (κ3) is 4.33. The molecular weight excluding hydrogens is 416 g/mol. The molecule has 1 aliphatic heterocycles. The quantitative estimate of drug-likeness (QED) is 0.384. The lowest BCUT2D eigenvalue weighted by Gasteiger charge is -2.35. The summed E-state index contributed by atoms with van der Waals surface area (Å²) in [5.74, 6) is -0.264. The van der Waals surface area contributed by atoms with Crippen molar-refractivity contribution in [1.82, 2.24) is 19.4 Å². The lowest BCUT2D eigenvalue weighted by Crippen LogP contribution is -2.44. The van der Waals surface area contributed by atoms with Gasteiger partial charge in [-0.15, -0.1) is 0 Å². The monoisotopic (exact) mass is 444 g/mol. The highest BCUT2D eigenvalue weighted by Crippen LogP contribution is 2.39. The van der Waals surface area contributed by atoms with E-state index < -0.39 is 11.5 Å². The Balaban J connectivity index is 1.70. The molecule has 2 aromatic heterocycles. The van der Waals surface area contributed by atoms with E-state index in [9.17, 15) is 14.4 Å². The van der Waals surface area contributed by atoms with Crippen LogP contribution in [-0.2, 0) is 9.53 Å². The number of methoxy groups -OCH3 is 1. The SMILES string of the molecule is CC[C@H]1CCCCN1C(=O)CSc1nc(=O)c2c(C(=O)OC)cc(C)nc2n1C1CC1. The maximum Gasteiger partial charge on any atom is 0.338 e. The molecule has 1 amide bonds. The number of likely N-dealkylation sites (tertiary alicyclic amines) is 1. The molecule has 2 aromatic rings. The third-order valence-electron chi connectivity index (χ3n) is 6.03. The molecule has 8 nitrogen and oxygen atoms in total. The highest BCUT2D eigenvalue weighted by molar-refractivity contribution is 7.99. The molecule has 0 N–H and O–H groups in total. The summed E-state index contributed by atoms with van der Waals surface area (Å²) in [4.78, 5) is 49.0. The van der Waals surface area contributed by atoms with Crippen molar-refractivity contribution in [2.75, 3.05) is 19.4 Å². The minimum Gasteiger partial charge on any atom is -0.465 e. The number of ether oxygens (including phenoxy) is 1. The molecule has 0 spiro atoms. The molecule has 2 fully saturated rings. The maximum absolute atomic E-state index is 12.9. The second kappa shape index (κ2) is 8.98. The summed E-state index contributed by atoms with van der Waals surface area (Å²) in [6.45, 7) is 4.69. The largest absolute Gasteiger partial charge is 0.465 e. The fourth-order valence-electron chi connectivity index (χ4n) is 4.33. The Morgan fingerprint density at radius 1 is 1.23 bits per heavy atom. The number of amides is 1. The Morgan fingerprint density at radius 2 is 2.00 bits per heavy atom. The Bertz CT molecular complexity index is 1080. The molecule has 166 valence electrons. The molecule has 31 heavy (non-hydrogen) atoms. The minimum atomic E-state index is -0.581. The van der Waals surface area contributed by atoms with Crippen LogP contribution in [0.4, 0.5) is 0 Å². The van der Waals surface area contributed by atoms with E-state index in [1.54, 1.807) is 13.0 Å². The lowest BCUT2D eigenvalue weighted by molar-refractivity contribution is -0.132. The number of piperidine rings is 1. The summed E-state index contributed by atoms with van der Waals surface area (Å²) >= 11 is 1.29. The van der Waals surface area contributed by atoms with Crippen molar-refractivity contribution in [2.45, 2.75) is 69.6 Å². The average Bonchev–Trinajstić information content (AvgIpc) is 3.61. The number of fused-ring (bicyclic) bond motifs is 1. The highest BCUT2D eigenvalue weighted by atomic mass is 32.2. The number of nitrogens with zero attached hydrogens (tertiary/aromatic N) is 4. The number of aryl methyl sites for hydroxylation is 1. The van der Waals surface area contributed by atoms with E-state index in [1.165, 1.54) is 18.9 Å². The topological polar surface area (TPSA) is 94.4 Å². The van der Waals surface area contributed by atoms with Gasteiger partial charge < -0.3 is 14.2 Å². The minimum absolute atomic E-state index is 0.0840. The van der Waals surface area contributed by atoms with Crippen LogP contribution in [-0.4, -0.2) is 56.8 Å². The smallest absolute Gasteiger partial charge is 0.338 e. The third-order valence-corrected chi connectivity index (χ3v) is 6.97. The molecule has 1 atom stereocenters. The van der Waals surface area contributed by atoms with Crippen LogP contribution >= 0.6 is 11.8 Å². The number of esters is 1. The van der Waals surface area contributed by atoms with Gasteiger partial charge in [-0.3, -0.25) is 9.59 Å². The fraction of sp³-hybridized carbons (Fsp3) is 0.591. The summed E-state index contributed by atoms with van der Waals surface area (Å²) in [5, 5.41) is 0.675. The van der Waals surface area contributed by atoms with Gasteiger partial charge in [-0.25, -0.2) is 9.78 Å². The summed E-state index contributed by atoms with van der Waals surface area (Å²) in [5.41, 5.74) is 0.740. The molecule has 4 rings (SSSR count). The number of pyridine rings is 1. The van der Waals surface area contributed by atoms with Gasteiger partial charge in [0.2, 0.25) is 5.91 Å². The Hall–Kier alpha value is -2.42. The number of thioether (sulfide) groups is 1. The van der Waals surface area contributed by atoms with E-state index >= 15 is 0 Å². The van der Waals surface area contributed by atoms with E-state index in [4.69, 9.17) is 4.74 Å². The molecule has 1 aliphatic carbocycles. The van der Waals surface area contributed by atoms with Crippen LogP contribution in [0.3, 0.4) is 0 Å². The number of hydrogen-bond acceptors (Lipinski definition) is 7. The van der Waals surface area contributed by atoms with Gasteiger partial charge in [-0.1, -0.05) is 18.7 Å². The predicted molar refractivity (Wildman–Crippen MR) is 119 cm³/mol. The normalized spacial score (nSPS) is 18.9. The van der Waals surface area contributed by atoms with Crippen LogP contribution in [0, 0.1) is 6.92 Å². The zero-order chi connectivity index (χ0) is 22.1. The molecule has 1 saturated heterocycles. The molecule has 0 aromatic carbocycles. The number of carbonyl (C=O) groups excluding carboxylic acids is 2. The zero-order valence-electron chi connectivity index (χ0n) is 18.2. The van der Waals surface area contributed by atoms with Crippen LogP contribution in [0.1, 0.15) is 67.5 Å². The lowest BCUT2D eigenvalue weighted by atomic mass is 10.0. The van der Waals surface area contributed by atoms with Gasteiger partial charge in [0.1, 0.15) is 5.65 Å². The molecule has 3 heterocycles. The van der Waals surface area contributed by atoms with Gasteiger partial charge in [-0.2, -0.15) is 4.98 Å². The van der Waals surface area contributed by atoms with Crippen LogP contribution in [0.15, 0.2) is 16.0 Å². The summed E-state index contributed by atoms with van der Waals surface area (Å²) in [6, 6.07) is 2.03. The van der Waals surface area contributed by atoms with Crippen molar-refractivity contribution < 1.29 is 14.3 Å². The second-order valence-corrected chi connectivity index (χ2v) is 9.18. The van der Waals surface area contributed by atoms with Gasteiger partial charge in [0, 0.05) is 24.3 Å². The number of rotatable bonds is 6. The van der Waals surface area contributed by atoms with Gasteiger partial charge >= 0.3 is 5.97 Å². The average molecular weight is 445 g/mol. The standard InChI is InChI=1S/C22H28N4O4S/c1-4-14-7-5-6-10-25(14)17(27)12-31-22-24-20(28)18-16(21(29)30-3)11-13(2)23-19(18)26(22)15-8-9-15/h11,14-15H,4-10,12H2,1-3H3/t14-/m0/s1. The number of aromatic nitrogens is 3. The van der Waals surface area contributed by atoms with Crippen LogP contribution in [0.2, 0.25) is 0 Å². The molecule has 9 heteroatoms. The van der Waals surface area contributed by atoms with Gasteiger partial charge in [0.15, 0.2) is 5.16 Å². The van der Waals surface area contributed by atoms with Gasteiger partial charge in [-0.05, 0) is 51.5 Å². The second-order valence-electron chi connectivity index (χ2n) is 8.24. The van der Waals surface area contributed by atoms with Crippen LogP contribution < -0.4 is 5.56 Å². The first kappa shape index (κ1) is 21.8. The number of hydrogen-bond donors (Lipinski definition) is 0. The van der Waals surface area contributed by atoms with E-state index in [-0.39, 0.29) is 28.7 Å². The van der Waals surface area contributed by atoms with Crippen LogP contribution in [0.5, 0.6) is 0 Å². The molecule has 0 radical (unpaired) electrons. The van der Waals surface area contributed by atoms with Crippen molar-refractivity contribution in [3.63, 3.8) is 0 Å². The van der Waals surface area contributed by atoms with Gasteiger partial charge in [0.25, 0.3) is 5.56 Å². The fourth-order valence-corrected chi connectivity index (χ4v) is 5.27. The number of carbonyl (C=O) groups is 2. The van der Waals surface area contributed by atoms with Crippen LogP contribution in [0.25, 0.3) is 11.0 Å². The van der Waals surface area contributed by atoms with Crippen molar-refractivity contribution in [3.8, 4) is 0 Å². The first-order chi connectivity index (χ1) is 14.9. The molecular formula is C22H28N4O4S. The first-order valence-electron chi connectivity index (χ1n) is 10.9. The summed E-state index contributed by atoms with van der Waals surface area (Å²) in [6.07, 6.45) is 6.11. The van der Waals surface area contributed by atoms with Crippen molar-refractivity contribution in [3.05, 3.63) is 27.7 Å². The summed E-state index contributed by atoms with van der Waals surface area (Å²) < 4.78 is 6.80. The Kier molecular flexibility index (Phi) is 6.31. The van der Waals surface area contributed by atoms with E-state index in [0.717, 1.165) is 45.1 Å². The maximum atomic E-state index is 12.9. The zero-order valence-corrected chi connectivity index (χ0v) is 19.0. The highest BCUT2D eigenvalue weighted by Gasteiger charge is 2.31. The van der Waals surface area contributed by atoms with E-state index in [1.807, 2.05) is 9.47 Å². The Morgan fingerprint density at radius 3 is 2.68 bits per heavy atom. The van der Waals surface area contributed by atoms with Gasteiger partial charge in [0.05, 0.1) is 23.8 Å².